The van der Waals surface area contributed by atoms with Crippen LogP contribution in [0.1, 0.15) is 33.6 Å². The number of carbonyl (C=O) groups excluding carboxylic acids is 1. The van der Waals surface area contributed by atoms with Crippen LogP contribution in [0.15, 0.2) is 35.7 Å². The van der Waals surface area contributed by atoms with Crippen LogP contribution in [0, 0.1) is 12.8 Å². The standard InChI is InChI=1S/C24H35N3O2S/c1-19-11-15-30-23(19)24(28)27(14-13-25(2)3)17-20-8-7-12-26(16-20)18-21-9-5-6-10-22(21)29-4/h5-6,9-11,15,20H,7-8,12-14,16-18H2,1-4H3/t20-/m0/s1. The molecular formula is C24H35N3O2S. The van der Waals surface area contributed by atoms with Crippen LogP contribution in [-0.2, 0) is 6.54 Å². The van der Waals surface area contributed by atoms with E-state index in [-0.39, 0.29) is 5.91 Å². The third kappa shape index (κ3) is 6.06. The molecular weight excluding hydrogens is 394 g/mol. The Kier molecular flexibility index (Phi) is 8.31. The average molecular weight is 430 g/mol. The van der Waals surface area contributed by atoms with Gasteiger partial charge in [0.05, 0.1) is 12.0 Å². The lowest BCUT2D eigenvalue weighted by atomic mass is 9.96. The number of hydrogen-bond acceptors (Lipinski definition) is 5. The van der Waals surface area contributed by atoms with Crippen molar-refractivity contribution < 1.29 is 9.53 Å². The molecule has 30 heavy (non-hydrogen) atoms. The first-order chi connectivity index (χ1) is 14.5. The number of ether oxygens (including phenoxy) is 1. The molecule has 0 bridgehead atoms. The molecule has 2 heterocycles. The minimum absolute atomic E-state index is 0.186. The molecule has 3 rings (SSSR count). The number of likely N-dealkylation sites (tertiary alicyclic amines) is 1. The van der Waals surface area contributed by atoms with Gasteiger partial charge in [0, 0.05) is 38.3 Å². The van der Waals surface area contributed by atoms with Gasteiger partial charge in [-0.1, -0.05) is 18.2 Å². The summed E-state index contributed by atoms with van der Waals surface area (Å²) in [5.41, 5.74) is 2.32. The number of thiophene rings is 1. The van der Waals surface area contributed by atoms with Gasteiger partial charge in [0.25, 0.3) is 5.91 Å². The zero-order valence-electron chi connectivity index (χ0n) is 18.8. The summed E-state index contributed by atoms with van der Waals surface area (Å²) in [7, 11) is 5.86. The molecule has 0 aliphatic carbocycles. The maximum absolute atomic E-state index is 13.3. The summed E-state index contributed by atoms with van der Waals surface area (Å²) < 4.78 is 5.53. The molecule has 1 aromatic heterocycles. The minimum atomic E-state index is 0.186. The summed E-state index contributed by atoms with van der Waals surface area (Å²) in [4.78, 5) is 20.9. The number of para-hydroxylation sites is 1. The van der Waals surface area contributed by atoms with Crippen LogP contribution in [0.4, 0.5) is 0 Å². The van der Waals surface area contributed by atoms with E-state index in [2.05, 4.69) is 40.9 Å². The number of methoxy groups -OCH3 is 1. The molecule has 0 unspecified atom stereocenters. The number of nitrogens with zero attached hydrogens (tertiary/aromatic N) is 3. The Morgan fingerprint density at radius 2 is 2.03 bits per heavy atom. The molecule has 1 fully saturated rings. The quantitative estimate of drug-likeness (QED) is 0.604. The van der Waals surface area contributed by atoms with Gasteiger partial charge >= 0.3 is 0 Å². The highest BCUT2D eigenvalue weighted by molar-refractivity contribution is 7.12. The normalized spacial score (nSPS) is 17.3. The second-order valence-corrected chi connectivity index (χ2v) is 9.46. The predicted octanol–water partition coefficient (Wildman–Crippen LogP) is 3.98. The Morgan fingerprint density at radius 1 is 1.23 bits per heavy atom. The van der Waals surface area contributed by atoms with Gasteiger partial charge in [-0.15, -0.1) is 11.3 Å². The molecule has 1 aliphatic heterocycles. The van der Waals surface area contributed by atoms with Crippen LogP contribution in [0.3, 0.4) is 0 Å². The van der Waals surface area contributed by atoms with Crippen LogP contribution in [-0.4, -0.2) is 74.5 Å². The molecule has 1 aliphatic rings. The van der Waals surface area contributed by atoms with Crippen molar-refractivity contribution >= 4 is 17.2 Å². The van der Waals surface area contributed by atoms with E-state index in [0.29, 0.717) is 5.92 Å². The molecule has 1 aromatic carbocycles. The topological polar surface area (TPSA) is 36.0 Å². The lowest BCUT2D eigenvalue weighted by molar-refractivity contribution is 0.0664. The van der Waals surface area contributed by atoms with Gasteiger partial charge in [-0.2, -0.15) is 0 Å². The molecule has 164 valence electrons. The van der Waals surface area contributed by atoms with Gasteiger partial charge < -0.3 is 14.5 Å². The highest BCUT2D eigenvalue weighted by Crippen LogP contribution is 2.25. The number of hydrogen-bond donors (Lipinski definition) is 0. The van der Waals surface area contributed by atoms with E-state index in [0.717, 1.165) is 55.5 Å². The van der Waals surface area contributed by atoms with Crippen LogP contribution < -0.4 is 4.74 Å². The first-order valence-corrected chi connectivity index (χ1v) is 11.7. The Bertz CT molecular complexity index is 820. The zero-order valence-corrected chi connectivity index (χ0v) is 19.6. The molecule has 0 saturated carbocycles. The fraction of sp³-hybridized carbons (Fsp3) is 0.542. The lowest BCUT2D eigenvalue weighted by Crippen LogP contribution is -2.44. The lowest BCUT2D eigenvalue weighted by Gasteiger charge is -2.36. The number of amides is 1. The summed E-state index contributed by atoms with van der Waals surface area (Å²) in [5.74, 6) is 1.64. The van der Waals surface area contributed by atoms with E-state index in [1.165, 1.54) is 18.4 Å². The van der Waals surface area contributed by atoms with E-state index < -0.39 is 0 Å². The summed E-state index contributed by atoms with van der Waals surface area (Å²) >= 11 is 1.56. The van der Waals surface area contributed by atoms with Crippen molar-refractivity contribution in [3.63, 3.8) is 0 Å². The molecule has 2 aromatic rings. The van der Waals surface area contributed by atoms with Crippen molar-refractivity contribution in [3.05, 3.63) is 51.7 Å². The fourth-order valence-electron chi connectivity index (χ4n) is 4.16. The number of carbonyl (C=O) groups is 1. The fourth-order valence-corrected chi connectivity index (χ4v) is 5.05. The summed E-state index contributed by atoms with van der Waals surface area (Å²) in [6, 6.07) is 10.3. The summed E-state index contributed by atoms with van der Waals surface area (Å²) in [6.07, 6.45) is 2.35. The van der Waals surface area contributed by atoms with Gasteiger partial charge in [-0.25, -0.2) is 0 Å². The monoisotopic (exact) mass is 429 g/mol. The Balaban J connectivity index is 1.66. The number of aryl methyl sites for hydroxylation is 1. The Hall–Kier alpha value is -1.89. The molecule has 0 radical (unpaired) electrons. The van der Waals surface area contributed by atoms with Crippen molar-refractivity contribution in [1.29, 1.82) is 0 Å². The average Bonchev–Trinajstić information content (AvgIpc) is 3.17. The minimum Gasteiger partial charge on any atom is -0.496 e. The van der Waals surface area contributed by atoms with Crippen molar-refractivity contribution in [2.24, 2.45) is 5.92 Å². The van der Waals surface area contributed by atoms with E-state index in [9.17, 15) is 4.79 Å². The highest BCUT2D eigenvalue weighted by Gasteiger charge is 2.26. The van der Waals surface area contributed by atoms with Gasteiger partial charge in [0.2, 0.25) is 0 Å². The van der Waals surface area contributed by atoms with Crippen LogP contribution in [0.25, 0.3) is 0 Å². The first-order valence-electron chi connectivity index (χ1n) is 10.8. The van der Waals surface area contributed by atoms with Crippen molar-refractivity contribution in [1.82, 2.24) is 14.7 Å². The van der Waals surface area contributed by atoms with Gasteiger partial charge in [0.15, 0.2) is 0 Å². The molecule has 6 heteroatoms. The first kappa shape index (κ1) is 22.8. The summed E-state index contributed by atoms with van der Waals surface area (Å²) in [5, 5.41) is 2.02. The Morgan fingerprint density at radius 3 is 2.73 bits per heavy atom. The smallest absolute Gasteiger partial charge is 0.264 e. The third-order valence-electron chi connectivity index (χ3n) is 5.83. The van der Waals surface area contributed by atoms with Crippen LogP contribution >= 0.6 is 11.3 Å². The molecule has 1 amide bonds. The number of benzene rings is 1. The van der Waals surface area contributed by atoms with Crippen LogP contribution in [0.2, 0.25) is 0 Å². The second kappa shape index (κ2) is 10.9. The molecule has 0 spiro atoms. The van der Waals surface area contributed by atoms with Gasteiger partial charge in [-0.3, -0.25) is 9.69 Å². The molecule has 5 nitrogen and oxygen atoms in total. The zero-order chi connectivity index (χ0) is 21.5. The largest absolute Gasteiger partial charge is 0.496 e. The summed E-state index contributed by atoms with van der Waals surface area (Å²) in [6.45, 7) is 7.53. The maximum Gasteiger partial charge on any atom is 0.264 e. The second-order valence-electron chi connectivity index (χ2n) is 8.54. The highest BCUT2D eigenvalue weighted by atomic mass is 32.1. The van der Waals surface area contributed by atoms with E-state index in [1.54, 1.807) is 18.4 Å². The number of rotatable bonds is 9. The van der Waals surface area contributed by atoms with E-state index in [1.807, 2.05) is 30.5 Å². The number of likely N-dealkylation sites (N-methyl/N-ethyl adjacent to an activating group) is 1. The maximum atomic E-state index is 13.3. The molecule has 0 N–H and O–H groups in total. The number of piperidine rings is 1. The Labute approximate surface area is 185 Å². The van der Waals surface area contributed by atoms with Crippen molar-refractivity contribution in [2.45, 2.75) is 26.3 Å². The van der Waals surface area contributed by atoms with E-state index in [4.69, 9.17) is 4.74 Å². The van der Waals surface area contributed by atoms with Gasteiger partial charge in [-0.05, 0) is 69.4 Å². The van der Waals surface area contributed by atoms with Crippen LogP contribution in [0.5, 0.6) is 5.75 Å². The van der Waals surface area contributed by atoms with Crippen molar-refractivity contribution in [3.8, 4) is 5.75 Å². The molecule has 1 atom stereocenters. The van der Waals surface area contributed by atoms with Crippen molar-refractivity contribution in [2.75, 3.05) is 53.9 Å². The third-order valence-corrected chi connectivity index (χ3v) is 6.83. The van der Waals surface area contributed by atoms with Gasteiger partial charge in [0.1, 0.15) is 5.75 Å². The molecule has 1 saturated heterocycles. The SMILES string of the molecule is COc1ccccc1CN1CCC[C@H](CN(CCN(C)C)C(=O)c2sccc2C)C1. The van der Waals surface area contributed by atoms with E-state index >= 15 is 0 Å². The predicted molar refractivity (Wildman–Crippen MR) is 125 cm³/mol.